The van der Waals surface area contributed by atoms with Crippen LogP contribution in [0.25, 0.3) is 0 Å². The van der Waals surface area contributed by atoms with E-state index in [2.05, 4.69) is 15.6 Å². The van der Waals surface area contributed by atoms with Gasteiger partial charge in [-0.05, 0) is 43.5 Å². The first-order chi connectivity index (χ1) is 11.7. The molecule has 122 valence electrons. The summed E-state index contributed by atoms with van der Waals surface area (Å²) in [5.41, 5.74) is 2.46. The fourth-order valence-electron chi connectivity index (χ4n) is 2.19. The number of thiazole rings is 1. The van der Waals surface area contributed by atoms with Gasteiger partial charge in [-0.1, -0.05) is 35.6 Å². The molecule has 1 amide bonds. The van der Waals surface area contributed by atoms with Crippen molar-refractivity contribution >= 4 is 45.5 Å². The standard InChI is InChI=1S/C18H17N3OS2/c1-12-16(17(22)20-14-9-6-10-15(11-14)23-2)24-18(19-12)21-13-7-4-3-5-8-13/h3-11H,1-2H3,(H,19,21)(H,20,22). The molecular weight excluding hydrogens is 338 g/mol. The second-order valence-corrected chi connectivity index (χ2v) is 6.99. The number of nitrogens with zero attached hydrogens (tertiary/aromatic N) is 1. The van der Waals surface area contributed by atoms with E-state index in [1.807, 2.05) is 67.8 Å². The van der Waals surface area contributed by atoms with Crippen LogP contribution in [-0.2, 0) is 0 Å². The SMILES string of the molecule is CSc1cccc(NC(=O)c2sc(Nc3ccccc3)nc2C)c1. The molecule has 0 bridgehead atoms. The Kier molecular flexibility index (Phi) is 5.17. The second-order valence-electron chi connectivity index (χ2n) is 5.11. The van der Waals surface area contributed by atoms with Crippen molar-refractivity contribution in [3.8, 4) is 0 Å². The van der Waals surface area contributed by atoms with Crippen molar-refractivity contribution in [3.05, 3.63) is 65.2 Å². The van der Waals surface area contributed by atoms with Gasteiger partial charge < -0.3 is 10.6 Å². The van der Waals surface area contributed by atoms with Crippen LogP contribution in [0.3, 0.4) is 0 Å². The highest BCUT2D eigenvalue weighted by Gasteiger charge is 2.15. The average molecular weight is 355 g/mol. The normalized spacial score (nSPS) is 10.4. The summed E-state index contributed by atoms with van der Waals surface area (Å²) in [6.07, 6.45) is 2.01. The Balaban J connectivity index is 1.75. The molecule has 0 aliphatic carbocycles. The number of carbonyl (C=O) groups excluding carboxylic acids is 1. The van der Waals surface area contributed by atoms with Gasteiger partial charge in [0.05, 0.1) is 5.69 Å². The molecule has 6 heteroatoms. The number of para-hydroxylation sites is 1. The molecule has 0 spiro atoms. The van der Waals surface area contributed by atoms with Gasteiger partial charge in [0.25, 0.3) is 5.91 Å². The van der Waals surface area contributed by atoms with Gasteiger partial charge in [-0.25, -0.2) is 4.98 Å². The third-order valence-corrected chi connectivity index (χ3v) is 5.15. The molecule has 0 aliphatic rings. The topological polar surface area (TPSA) is 54.0 Å². The van der Waals surface area contributed by atoms with Crippen molar-refractivity contribution in [3.63, 3.8) is 0 Å². The van der Waals surface area contributed by atoms with Gasteiger partial charge >= 0.3 is 0 Å². The fraction of sp³-hybridized carbons (Fsp3) is 0.111. The van der Waals surface area contributed by atoms with Crippen LogP contribution in [0.4, 0.5) is 16.5 Å². The van der Waals surface area contributed by atoms with Gasteiger partial charge in [0.1, 0.15) is 4.88 Å². The first-order valence-electron chi connectivity index (χ1n) is 7.40. The van der Waals surface area contributed by atoms with Crippen LogP contribution in [0.5, 0.6) is 0 Å². The van der Waals surface area contributed by atoms with Gasteiger partial charge in [0.15, 0.2) is 5.13 Å². The molecule has 0 radical (unpaired) electrons. The Bertz CT molecular complexity index is 846. The van der Waals surface area contributed by atoms with E-state index in [0.717, 1.165) is 22.0 Å². The summed E-state index contributed by atoms with van der Waals surface area (Å²) in [7, 11) is 0. The maximum absolute atomic E-state index is 12.5. The van der Waals surface area contributed by atoms with Gasteiger partial charge in [0.2, 0.25) is 0 Å². The smallest absolute Gasteiger partial charge is 0.267 e. The summed E-state index contributed by atoms with van der Waals surface area (Å²) in [5, 5.41) is 6.88. The summed E-state index contributed by atoms with van der Waals surface area (Å²) in [5.74, 6) is -0.135. The highest BCUT2D eigenvalue weighted by atomic mass is 32.2. The highest BCUT2D eigenvalue weighted by Crippen LogP contribution is 2.27. The zero-order valence-corrected chi connectivity index (χ0v) is 15.0. The number of aromatic nitrogens is 1. The molecule has 1 aromatic heterocycles. The third kappa shape index (κ3) is 3.96. The predicted octanol–water partition coefficient (Wildman–Crippen LogP) is 5.17. The minimum atomic E-state index is -0.135. The lowest BCUT2D eigenvalue weighted by atomic mass is 10.3. The van der Waals surface area contributed by atoms with Crippen LogP contribution >= 0.6 is 23.1 Å². The largest absolute Gasteiger partial charge is 0.332 e. The molecule has 0 saturated heterocycles. The Labute approximate surface area is 149 Å². The van der Waals surface area contributed by atoms with Gasteiger partial charge in [0, 0.05) is 16.3 Å². The van der Waals surface area contributed by atoms with Crippen molar-refractivity contribution in [2.24, 2.45) is 0 Å². The predicted molar refractivity (Wildman–Crippen MR) is 103 cm³/mol. The molecule has 3 aromatic rings. The first kappa shape index (κ1) is 16.5. The summed E-state index contributed by atoms with van der Waals surface area (Å²) in [6.45, 7) is 1.85. The molecule has 24 heavy (non-hydrogen) atoms. The molecule has 2 N–H and O–H groups in total. The summed E-state index contributed by atoms with van der Waals surface area (Å²) < 4.78 is 0. The summed E-state index contributed by atoms with van der Waals surface area (Å²) >= 11 is 3.00. The van der Waals surface area contributed by atoms with Crippen molar-refractivity contribution in [1.29, 1.82) is 0 Å². The Morgan fingerprint density at radius 3 is 2.58 bits per heavy atom. The number of rotatable bonds is 5. The monoisotopic (exact) mass is 355 g/mol. The van der Waals surface area contributed by atoms with Crippen LogP contribution in [-0.4, -0.2) is 17.1 Å². The van der Waals surface area contributed by atoms with Crippen LogP contribution in [0, 0.1) is 6.92 Å². The highest BCUT2D eigenvalue weighted by molar-refractivity contribution is 7.98. The zero-order valence-electron chi connectivity index (χ0n) is 13.4. The van der Waals surface area contributed by atoms with Crippen LogP contribution in [0.1, 0.15) is 15.4 Å². The van der Waals surface area contributed by atoms with Gasteiger partial charge in [-0.15, -0.1) is 11.8 Å². The lowest BCUT2D eigenvalue weighted by Gasteiger charge is -2.05. The zero-order chi connectivity index (χ0) is 16.9. The number of thioether (sulfide) groups is 1. The number of aryl methyl sites for hydroxylation is 1. The first-order valence-corrected chi connectivity index (χ1v) is 9.45. The minimum Gasteiger partial charge on any atom is -0.332 e. The second kappa shape index (κ2) is 7.51. The Morgan fingerprint density at radius 1 is 1.08 bits per heavy atom. The number of nitrogens with one attached hydrogen (secondary N) is 2. The molecule has 0 saturated carbocycles. The quantitative estimate of drug-likeness (QED) is 0.620. The third-order valence-electron chi connectivity index (χ3n) is 3.36. The van der Waals surface area contributed by atoms with Crippen molar-refractivity contribution in [2.75, 3.05) is 16.9 Å². The molecule has 3 rings (SSSR count). The molecule has 4 nitrogen and oxygen atoms in total. The lowest BCUT2D eigenvalue weighted by Crippen LogP contribution is -2.11. The molecule has 0 fully saturated rings. The Morgan fingerprint density at radius 2 is 1.83 bits per heavy atom. The van der Waals surface area contributed by atoms with Gasteiger partial charge in [-0.2, -0.15) is 0 Å². The number of amides is 1. The molecule has 0 atom stereocenters. The van der Waals surface area contributed by atoms with E-state index in [1.165, 1.54) is 11.3 Å². The van der Waals surface area contributed by atoms with Crippen LogP contribution < -0.4 is 10.6 Å². The number of hydrogen-bond acceptors (Lipinski definition) is 5. The fourth-order valence-corrected chi connectivity index (χ4v) is 3.54. The van der Waals surface area contributed by atoms with Crippen LogP contribution in [0.15, 0.2) is 59.5 Å². The number of anilines is 3. The van der Waals surface area contributed by atoms with E-state index in [0.29, 0.717) is 10.0 Å². The van der Waals surface area contributed by atoms with Crippen LogP contribution in [0.2, 0.25) is 0 Å². The van der Waals surface area contributed by atoms with E-state index in [1.54, 1.807) is 11.8 Å². The van der Waals surface area contributed by atoms with E-state index >= 15 is 0 Å². The van der Waals surface area contributed by atoms with E-state index < -0.39 is 0 Å². The van der Waals surface area contributed by atoms with Crippen molar-refractivity contribution < 1.29 is 4.79 Å². The number of hydrogen-bond donors (Lipinski definition) is 2. The molecule has 0 aliphatic heterocycles. The Hall–Kier alpha value is -2.31. The number of benzene rings is 2. The molecule has 0 unspecified atom stereocenters. The molecular formula is C18H17N3OS2. The average Bonchev–Trinajstić information content (AvgIpc) is 2.96. The number of carbonyl (C=O) groups is 1. The van der Waals surface area contributed by atoms with Gasteiger partial charge in [-0.3, -0.25) is 4.79 Å². The molecule has 2 aromatic carbocycles. The maximum atomic E-state index is 12.5. The minimum absolute atomic E-state index is 0.135. The van der Waals surface area contributed by atoms with Crippen molar-refractivity contribution in [1.82, 2.24) is 4.98 Å². The van der Waals surface area contributed by atoms with Crippen molar-refractivity contribution in [2.45, 2.75) is 11.8 Å². The van der Waals surface area contributed by atoms with E-state index in [9.17, 15) is 4.79 Å². The lowest BCUT2D eigenvalue weighted by molar-refractivity contribution is 0.103. The van der Waals surface area contributed by atoms with E-state index in [-0.39, 0.29) is 5.91 Å². The van der Waals surface area contributed by atoms with E-state index in [4.69, 9.17) is 0 Å². The summed E-state index contributed by atoms with van der Waals surface area (Å²) in [6, 6.07) is 17.6. The maximum Gasteiger partial charge on any atom is 0.267 e. The molecule has 1 heterocycles. The summed E-state index contributed by atoms with van der Waals surface area (Å²) in [4.78, 5) is 18.7.